The molecule has 1 unspecified atom stereocenters. The molecule has 0 heterocycles. The van der Waals surface area contributed by atoms with Gasteiger partial charge in [0.1, 0.15) is 5.60 Å². The van der Waals surface area contributed by atoms with E-state index in [1.54, 1.807) is 25.0 Å². The van der Waals surface area contributed by atoms with Gasteiger partial charge in [0.15, 0.2) is 9.84 Å². The van der Waals surface area contributed by atoms with Gasteiger partial charge in [-0.3, -0.25) is 0 Å². The molecule has 3 N–H and O–H groups in total. The summed E-state index contributed by atoms with van der Waals surface area (Å²) in [7, 11) is -3.34. The number of hydrogen-bond donors (Lipinski definition) is 2. The van der Waals surface area contributed by atoms with Crippen molar-refractivity contribution in [2.24, 2.45) is 28.2 Å². The molecule has 5 aliphatic carbocycles. The summed E-state index contributed by atoms with van der Waals surface area (Å²) in [5.41, 5.74) is 2.08. The number of benzene rings is 1. The van der Waals surface area contributed by atoms with Crippen molar-refractivity contribution in [3.05, 3.63) is 52.6 Å². The van der Waals surface area contributed by atoms with Crippen molar-refractivity contribution in [3.8, 4) is 12.3 Å². The number of nitrogens with zero attached hydrogens (tertiary/aromatic N) is 1. The van der Waals surface area contributed by atoms with Crippen LogP contribution in [0.3, 0.4) is 0 Å². The number of aliphatic hydroxyl groups is 1. The highest BCUT2D eigenvalue weighted by Crippen LogP contribution is 2.69. The largest absolute Gasteiger partial charge is 0.382 e. The van der Waals surface area contributed by atoms with Crippen LogP contribution < -0.4 is 5.84 Å². The molecule has 0 bridgehead atoms. The van der Waals surface area contributed by atoms with Crippen molar-refractivity contribution in [3.63, 3.8) is 0 Å². The van der Waals surface area contributed by atoms with Gasteiger partial charge in [0.05, 0.1) is 15.9 Å². The van der Waals surface area contributed by atoms with Crippen LogP contribution in [0, 0.1) is 29.6 Å². The molecular weight excluding hydrogens is 506 g/mol. The Labute approximate surface area is 223 Å². The molecule has 5 nitrogen and oxygen atoms in total. The molecule has 0 amide bonds. The Morgan fingerprint density at radius 1 is 1.13 bits per heavy atom. The fourth-order valence-corrected chi connectivity index (χ4v) is 9.83. The number of fused-ring (bicyclic) bond motifs is 4. The van der Waals surface area contributed by atoms with Gasteiger partial charge in [-0.25, -0.2) is 8.42 Å². The fourth-order valence-electron chi connectivity index (χ4n) is 8.17. The third-order valence-electron chi connectivity index (χ3n) is 10.3. The van der Waals surface area contributed by atoms with Crippen LogP contribution in [0.5, 0.6) is 0 Å². The second-order valence-electron chi connectivity index (χ2n) is 12.1. The molecule has 5 aliphatic rings. The summed E-state index contributed by atoms with van der Waals surface area (Å²) < 4.78 is 56.1. The number of allylic oxidation sites excluding steroid dienone is 4. The van der Waals surface area contributed by atoms with Crippen LogP contribution >= 0.6 is 0 Å². The van der Waals surface area contributed by atoms with Crippen molar-refractivity contribution < 1.29 is 22.3 Å². The fraction of sp³-hybridized carbons (Fsp3) is 0.567. The van der Waals surface area contributed by atoms with Gasteiger partial charge in [-0.1, -0.05) is 24.6 Å². The van der Waals surface area contributed by atoms with Gasteiger partial charge in [-0.2, -0.15) is 13.9 Å². The first-order chi connectivity index (χ1) is 18.0. The van der Waals surface area contributed by atoms with E-state index in [4.69, 9.17) is 12.3 Å². The number of hydrogen-bond acceptors (Lipinski definition) is 5. The average molecular weight is 541 g/mol. The molecule has 3 saturated carbocycles. The predicted octanol–water partition coefficient (Wildman–Crippen LogP) is 5.27. The summed E-state index contributed by atoms with van der Waals surface area (Å²) in [6, 6.07) is 7.01. The van der Waals surface area contributed by atoms with Crippen LogP contribution in [0.25, 0.3) is 0 Å². The number of nitrogens with two attached hydrogens (primary N) is 1. The normalized spacial score (nSPS) is 36.2. The Kier molecular flexibility index (Phi) is 5.76. The zero-order valence-corrected chi connectivity index (χ0v) is 22.4. The maximum Gasteiger partial charge on any atom is 0.336 e. The van der Waals surface area contributed by atoms with E-state index < -0.39 is 26.8 Å². The second-order valence-corrected chi connectivity index (χ2v) is 14.3. The first-order valence-corrected chi connectivity index (χ1v) is 15.1. The molecule has 0 spiro atoms. The minimum atomic E-state index is -3.65. The van der Waals surface area contributed by atoms with E-state index >= 15 is 8.78 Å². The third-order valence-corrected chi connectivity index (χ3v) is 12.6. The van der Waals surface area contributed by atoms with Crippen LogP contribution in [0.4, 0.5) is 8.78 Å². The molecule has 202 valence electrons. The number of terminal acetylenes is 1. The Bertz CT molecular complexity index is 1420. The number of halogens is 2. The Balaban J connectivity index is 1.49. The van der Waals surface area contributed by atoms with Crippen LogP contribution in [0.1, 0.15) is 76.2 Å². The Morgan fingerprint density at radius 2 is 1.84 bits per heavy atom. The SMILES string of the molecule is C#CC(F)(F)[C@]1(O)CC[C@H]2[C@@H]3CCC4=C/C(=N/N)CCC4=C3C(c3ccc(S(=O)(=O)C4CC4)cc3)C[C@@]21C. The minimum Gasteiger partial charge on any atom is -0.382 e. The maximum absolute atomic E-state index is 15.2. The van der Waals surface area contributed by atoms with Crippen molar-refractivity contribution in [1.82, 2.24) is 0 Å². The minimum absolute atomic E-state index is 0.0392. The third kappa shape index (κ3) is 3.50. The lowest BCUT2D eigenvalue weighted by atomic mass is 9.50. The number of hydrazone groups is 1. The number of sulfone groups is 1. The van der Waals surface area contributed by atoms with E-state index in [2.05, 4.69) is 11.2 Å². The molecule has 38 heavy (non-hydrogen) atoms. The molecule has 6 rings (SSSR count). The van der Waals surface area contributed by atoms with E-state index in [1.807, 2.05) is 12.1 Å². The lowest BCUT2D eigenvalue weighted by molar-refractivity contribution is -0.209. The molecule has 0 radical (unpaired) electrons. The maximum atomic E-state index is 15.2. The zero-order valence-electron chi connectivity index (χ0n) is 21.6. The molecule has 5 atom stereocenters. The highest BCUT2D eigenvalue weighted by Gasteiger charge is 2.71. The molecule has 1 aromatic rings. The van der Waals surface area contributed by atoms with Gasteiger partial charge in [-0.15, -0.1) is 6.42 Å². The average Bonchev–Trinajstić information content (AvgIpc) is 3.74. The molecule has 3 fully saturated rings. The summed E-state index contributed by atoms with van der Waals surface area (Å²) in [5.74, 6) is 3.24. The Morgan fingerprint density at radius 3 is 2.47 bits per heavy atom. The second kappa shape index (κ2) is 8.50. The molecule has 0 aromatic heterocycles. The summed E-state index contributed by atoms with van der Waals surface area (Å²) in [4.78, 5) is 0.305. The zero-order chi connectivity index (χ0) is 27.1. The first-order valence-electron chi connectivity index (χ1n) is 13.6. The smallest absolute Gasteiger partial charge is 0.336 e. The lowest BCUT2D eigenvalue weighted by Gasteiger charge is -2.55. The molecule has 8 heteroatoms. The monoisotopic (exact) mass is 540 g/mol. The van der Waals surface area contributed by atoms with Gasteiger partial charge in [0, 0.05) is 11.3 Å². The lowest BCUT2D eigenvalue weighted by Crippen LogP contribution is -2.60. The van der Waals surface area contributed by atoms with Crippen molar-refractivity contribution >= 4 is 15.5 Å². The van der Waals surface area contributed by atoms with Gasteiger partial charge in [-0.05, 0) is 110 Å². The van der Waals surface area contributed by atoms with E-state index in [0.29, 0.717) is 30.6 Å². The highest BCUT2D eigenvalue weighted by atomic mass is 32.2. The van der Waals surface area contributed by atoms with Gasteiger partial charge < -0.3 is 10.9 Å². The first kappa shape index (κ1) is 25.8. The van der Waals surface area contributed by atoms with Gasteiger partial charge in [0.2, 0.25) is 0 Å². The van der Waals surface area contributed by atoms with E-state index in [0.717, 1.165) is 37.0 Å². The summed E-state index contributed by atoms with van der Waals surface area (Å²) in [6.45, 7) is 1.79. The van der Waals surface area contributed by atoms with Crippen LogP contribution in [-0.2, 0) is 9.84 Å². The molecule has 0 saturated heterocycles. The van der Waals surface area contributed by atoms with Gasteiger partial charge >= 0.3 is 5.92 Å². The van der Waals surface area contributed by atoms with Crippen LogP contribution in [-0.4, -0.2) is 36.0 Å². The van der Waals surface area contributed by atoms with Crippen LogP contribution in [0.15, 0.2) is 57.1 Å². The van der Waals surface area contributed by atoms with E-state index in [9.17, 15) is 13.5 Å². The van der Waals surface area contributed by atoms with E-state index in [1.165, 1.54) is 16.7 Å². The van der Waals surface area contributed by atoms with Crippen LogP contribution in [0.2, 0.25) is 0 Å². The number of alkyl halides is 2. The van der Waals surface area contributed by atoms with Crippen molar-refractivity contribution in [1.29, 1.82) is 0 Å². The summed E-state index contributed by atoms with van der Waals surface area (Å²) >= 11 is 0. The Hall–Kier alpha value is -2.50. The summed E-state index contributed by atoms with van der Waals surface area (Å²) in [5, 5.41) is 15.2. The highest BCUT2D eigenvalue weighted by molar-refractivity contribution is 7.92. The molecule has 0 aliphatic heterocycles. The quantitative estimate of drug-likeness (QED) is 0.309. The summed E-state index contributed by atoms with van der Waals surface area (Å²) in [6.07, 6.45) is 12.6. The molecular formula is C30H34F2N2O3S. The molecule has 1 aromatic carbocycles. The van der Waals surface area contributed by atoms with Crippen molar-refractivity contribution in [2.75, 3.05) is 0 Å². The topological polar surface area (TPSA) is 92.8 Å². The van der Waals surface area contributed by atoms with Crippen molar-refractivity contribution in [2.45, 2.75) is 92.3 Å². The number of rotatable bonds is 4. The standard InChI is InChI=1S/C30H34F2N2O3S/c1-3-30(31,32)29(35)15-14-26-24-12-6-19-16-20(34-33)7-13-23(19)27(24)25(17-28(26,29)2)18-4-8-21(9-5-18)38(36,37)22-10-11-22/h1,4-5,8-9,16,22,24-26,35H,6-7,10-15,17,33H2,2H3/b34-20+/t24-,25?,26-,28-,29-/m0/s1. The van der Waals surface area contributed by atoms with Gasteiger partial charge in [0.25, 0.3) is 0 Å². The predicted molar refractivity (Wildman–Crippen MR) is 142 cm³/mol. The van der Waals surface area contributed by atoms with E-state index in [-0.39, 0.29) is 29.4 Å².